The number of nitrogens with one attached hydrogen (secondary N) is 2. The summed E-state index contributed by atoms with van der Waals surface area (Å²) in [5, 5.41) is 10.3. The molecule has 0 spiro atoms. The maximum atomic E-state index is 12.8. The molecule has 0 bridgehead atoms. The number of rotatable bonds is 5. The number of aromatic amines is 1. The van der Waals surface area contributed by atoms with Gasteiger partial charge in [-0.15, -0.1) is 0 Å². The third-order valence-electron chi connectivity index (χ3n) is 6.12. The Morgan fingerprint density at radius 1 is 1.07 bits per heavy atom. The van der Waals surface area contributed by atoms with Crippen LogP contribution >= 0.6 is 0 Å². The first-order valence-corrected chi connectivity index (χ1v) is 10.4. The van der Waals surface area contributed by atoms with Gasteiger partial charge < -0.3 is 5.32 Å². The molecule has 2 N–H and O–H groups in total. The highest BCUT2D eigenvalue weighted by Crippen LogP contribution is 2.47. The summed E-state index contributed by atoms with van der Waals surface area (Å²) in [5.41, 5.74) is 8.06. The van der Waals surface area contributed by atoms with Crippen molar-refractivity contribution in [3.8, 4) is 11.3 Å². The van der Waals surface area contributed by atoms with Crippen LogP contribution < -0.4 is 5.32 Å². The Labute approximate surface area is 168 Å². The van der Waals surface area contributed by atoms with Crippen molar-refractivity contribution in [2.24, 2.45) is 0 Å². The summed E-state index contributed by atoms with van der Waals surface area (Å²) < 4.78 is 0. The predicted molar refractivity (Wildman–Crippen MR) is 106 cm³/mol. The summed E-state index contributed by atoms with van der Waals surface area (Å²) >= 11 is 0. The molecule has 2 fully saturated rings. The van der Waals surface area contributed by atoms with Crippen LogP contribution in [0.2, 0.25) is 0 Å². The molecule has 3 aliphatic carbocycles. The number of hydrogen-bond donors (Lipinski definition) is 2. The van der Waals surface area contributed by atoms with E-state index in [2.05, 4.69) is 25.5 Å². The lowest BCUT2D eigenvalue weighted by Crippen LogP contribution is -2.25. The molecule has 29 heavy (non-hydrogen) atoms. The molecule has 0 radical (unpaired) electrons. The van der Waals surface area contributed by atoms with E-state index in [1.54, 1.807) is 6.20 Å². The first kappa shape index (κ1) is 16.8. The zero-order valence-electron chi connectivity index (χ0n) is 16.1. The second-order valence-electron chi connectivity index (χ2n) is 8.35. The van der Waals surface area contributed by atoms with Gasteiger partial charge in [-0.25, -0.2) is 4.98 Å². The monoisotopic (exact) mass is 386 g/mol. The minimum Gasteiger partial charge on any atom is -0.345 e. The van der Waals surface area contributed by atoms with Crippen molar-refractivity contribution in [3.63, 3.8) is 0 Å². The second-order valence-corrected chi connectivity index (χ2v) is 8.35. The van der Waals surface area contributed by atoms with Crippen LogP contribution in [0.25, 0.3) is 11.3 Å². The van der Waals surface area contributed by atoms with Gasteiger partial charge in [0.05, 0.1) is 41.7 Å². The minimum atomic E-state index is -0.154. The Morgan fingerprint density at radius 2 is 1.93 bits per heavy atom. The molecule has 1 amide bonds. The molecule has 0 atom stereocenters. The number of amides is 1. The molecular formula is C22H22N6O. The van der Waals surface area contributed by atoms with E-state index in [1.165, 1.54) is 42.4 Å². The summed E-state index contributed by atoms with van der Waals surface area (Å²) in [5.74, 6) is 0.952. The Balaban J connectivity index is 1.25. The van der Waals surface area contributed by atoms with Crippen LogP contribution in [0.5, 0.6) is 0 Å². The molecule has 0 aromatic carbocycles. The van der Waals surface area contributed by atoms with Gasteiger partial charge in [-0.3, -0.25) is 19.9 Å². The largest absolute Gasteiger partial charge is 0.345 e. The van der Waals surface area contributed by atoms with Gasteiger partial charge in [0.2, 0.25) is 0 Å². The van der Waals surface area contributed by atoms with Gasteiger partial charge in [0, 0.05) is 17.7 Å². The van der Waals surface area contributed by atoms with Gasteiger partial charge in [0.1, 0.15) is 5.69 Å². The number of nitrogens with zero attached hydrogens (tertiary/aromatic N) is 4. The Hall–Kier alpha value is -3.09. The lowest BCUT2D eigenvalue weighted by molar-refractivity contribution is 0.0945. The molecule has 0 saturated heterocycles. The smallest absolute Gasteiger partial charge is 0.270 e. The third-order valence-corrected chi connectivity index (χ3v) is 6.12. The fraction of sp³-hybridized carbons (Fsp3) is 0.409. The summed E-state index contributed by atoms with van der Waals surface area (Å²) in [6.07, 6.45) is 12.0. The van der Waals surface area contributed by atoms with Crippen molar-refractivity contribution < 1.29 is 4.79 Å². The quantitative estimate of drug-likeness (QED) is 0.703. The maximum absolute atomic E-state index is 12.8. The predicted octanol–water partition coefficient (Wildman–Crippen LogP) is 3.05. The molecule has 0 aliphatic heterocycles. The summed E-state index contributed by atoms with van der Waals surface area (Å²) in [4.78, 5) is 26.5. The minimum absolute atomic E-state index is 0.154. The molecule has 0 unspecified atom stereocenters. The van der Waals surface area contributed by atoms with E-state index in [0.717, 1.165) is 35.6 Å². The Kier molecular flexibility index (Phi) is 3.76. The molecule has 3 heterocycles. The Morgan fingerprint density at radius 3 is 2.69 bits per heavy atom. The van der Waals surface area contributed by atoms with Gasteiger partial charge in [0.25, 0.3) is 5.91 Å². The van der Waals surface area contributed by atoms with E-state index in [-0.39, 0.29) is 5.91 Å². The first-order valence-electron chi connectivity index (χ1n) is 10.4. The summed E-state index contributed by atoms with van der Waals surface area (Å²) in [7, 11) is 0. The van der Waals surface area contributed by atoms with Crippen molar-refractivity contribution in [3.05, 3.63) is 58.6 Å². The van der Waals surface area contributed by atoms with E-state index in [4.69, 9.17) is 4.98 Å². The molecule has 146 valence electrons. The molecule has 2 saturated carbocycles. The molecule has 3 aliphatic rings. The van der Waals surface area contributed by atoms with Gasteiger partial charge in [-0.2, -0.15) is 5.10 Å². The number of carbonyl (C=O) groups excluding carboxylic acids is 1. The van der Waals surface area contributed by atoms with Gasteiger partial charge >= 0.3 is 0 Å². The van der Waals surface area contributed by atoms with Crippen LogP contribution in [0.15, 0.2) is 24.7 Å². The Bertz CT molecular complexity index is 1090. The van der Waals surface area contributed by atoms with Crippen LogP contribution in [0.3, 0.4) is 0 Å². The summed E-state index contributed by atoms with van der Waals surface area (Å²) in [6, 6.07) is 1.98. The number of aryl methyl sites for hydroxylation is 2. The number of aromatic nitrogens is 5. The SMILES string of the molecule is O=C(NCc1cnc(C2CC2)cn1)c1cc(C2CC2)c2c(n1)CCc1cn[nH]c1-2. The maximum Gasteiger partial charge on any atom is 0.270 e. The molecule has 7 nitrogen and oxygen atoms in total. The number of hydrogen-bond acceptors (Lipinski definition) is 5. The highest BCUT2D eigenvalue weighted by Gasteiger charge is 2.32. The van der Waals surface area contributed by atoms with Crippen LogP contribution in [-0.2, 0) is 19.4 Å². The lowest BCUT2D eigenvalue weighted by Gasteiger charge is -2.20. The highest BCUT2D eigenvalue weighted by atomic mass is 16.1. The molecular weight excluding hydrogens is 364 g/mol. The fourth-order valence-electron chi connectivity index (χ4n) is 4.20. The van der Waals surface area contributed by atoms with Crippen molar-refractivity contribution in [2.75, 3.05) is 0 Å². The number of pyridine rings is 1. The van der Waals surface area contributed by atoms with Crippen LogP contribution in [0, 0.1) is 0 Å². The van der Waals surface area contributed by atoms with Crippen LogP contribution in [0.4, 0.5) is 0 Å². The standard InChI is InChI=1S/C22H22N6O/c29-22(25-10-15-9-24-19(11-23-15)13-3-4-13)18-7-16(12-1-2-12)20-17(27-18)6-5-14-8-26-28-21(14)20/h7-9,11-13H,1-6,10H2,(H,25,29)(H,26,28). The molecule has 3 aromatic heterocycles. The van der Waals surface area contributed by atoms with E-state index in [9.17, 15) is 4.79 Å². The average Bonchev–Trinajstić information content (AvgIpc) is 3.69. The van der Waals surface area contributed by atoms with Crippen LogP contribution in [0.1, 0.15) is 76.2 Å². The normalized spacial score (nSPS) is 17.5. The van der Waals surface area contributed by atoms with Crippen molar-refractivity contribution >= 4 is 5.91 Å². The zero-order chi connectivity index (χ0) is 19.4. The molecule has 6 rings (SSSR count). The number of fused-ring (bicyclic) bond motifs is 3. The van der Waals surface area contributed by atoms with Crippen LogP contribution in [-0.4, -0.2) is 31.1 Å². The van der Waals surface area contributed by atoms with Gasteiger partial charge in [0.15, 0.2) is 0 Å². The third kappa shape index (κ3) is 3.10. The number of carbonyl (C=O) groups is 1. The fourth-order valence-corrected chi connectivity index (χ4v) is 4.20. The van der Waals surface area contributed by atoms with Crippen molar-refractivity contribution in [2.45, 2.75) is 56.9 Å². The van der Waals surface area contributed by atoms with Gasteiger partial charge in [-0.1, -0.05) is 0 Å². The van der Waals surface area contributed by atoms with Crippen molar-refractivity contribution in [1.29, 1.82) is 0 Å². The number of H-pyrrole nitrogens is 1. The second kappa shape index (κ2) is 6.47. The highest BCUT2D eigenvalue weighted by molar-refractivity contribution is 5.93. The van der Waals surface area contributed by atoms with E-state index < -0.39 is 0 Å². The molecule has 3 aromatic rings. The van der Waals surface area contributed by atoms with Gasteiger partial charge in [-0.05, 0) is 61.6 Å². The van der Waals surface area contributed by atoms with E-state index in [0.29, 0.717) is 24.1 Å². The van der Waals surface area contributed by atoms with E-state index in [1.807, 2.05) is 18.5 Å². The molecule has 7 heteroatoms. The van der Waals surface area contributed by atoms with Crippen molar-refractivity contribution in [1.82, 2.24) is 30.5 Å². The topological polar surface area (TPSA) is 96.5 Å². The summed E-state index contributed by atoms with van der Waals surface area (Å²) in [6.45, 7) is 0.360. The van der Waals surface area contributed by atoms with E-state index >= 15 is 0 Å². The lowest BCUT2D eigenvalue weighted by atomic mass is 9.88. The zero-order valence-corrected chi connectivity index (χ0v) is 16.1. The average molecular weight is 386 g/mol. The first-order chi connectivity index (χ1) is 14.3.